The van der Waals surface area contributed by atoms with Gasteiger partial charge in [-0.3, -0.25) is 14.5 Å². The summed E-state index contributed by atoms with van der Waals surface area (Å²) in [6, 6.07) is 22.4. The Balaban J connectivity index is 2.06. The Labute approximate surface area is 236 Å². The maximum absolute atomic E-state index is 14.1. The average Bonchev–Trinajstić information content (AvgIpc) is 2.89. The number of anilines is 1. The number of rotatable bonds is 8. The molecule has 0 saturated carbocycles. The van der Waals surface area contributed by atoms with Gasteiger partial charge < -0.3 is 15.4 Å². The van der Waals surface area contributed by atoms with Crippen LogP contribution in [-0.2, 0) is 20.7 Å². The molecule has 7 heteroatoms. The van der Waals surface area contributed by atoms with E-state index in [1.807, 2.05) is 81.4 Å². The van der Waals surface area contributed by atoms with Crippen molar-refractivity contribution in [3.8, 4) is 12.5 Å². The van der Waals surface area contributed by atoms with Crippen molar-refractivity contribution in [3.63, 3.8) is 0 Å². The number of hydrogen-bond acceptors (Lipinski definition) is 4. The zero-order valence-corrected chi connectivity index (χ0v) is 23.9. The van der Waals surface area contributed by atoms with Crippen LogP contribution < -0.4 is 10.6 Å². The number of nitrogens with one attached hydrogen (secondary N) is 2. The Morgan fingerprint density at radius 2 is 1.52 bits per heavy atom. The van der Waals surface area contributed by atoms with Crippen LogP contribution >= 0.6 is 0 Å². The molecule has 0 bridgehead atoms. The van der Waals surface area contributed by atoms with E-state index in [9.17, 15) is 14.4 Å². The molecule has 3 aromatic rings. The Bertz CT molecular complexity index is 1400. The number of nitrogens with zero attached hydrogens (tertiary/aromatic N) is 1. The highest BCUT2D eigenvalue weighted by Crippen LogP contribution is 2.29. The zero-order chi connectivity index (χ0) is 29.4. The van der Waals surface area contributed by atoms with Crippen molar-refractivity contribution in [3.05, 3.63) is 101 Å². The first-order valence-electron chi connectivity index (χ1n) is 13.2. The number of aryl methyl sites for hydroxylation is 2. The summed E-state index contributed by atoms with van der Waals surface area (Å²) in [6.07, 6.45) is 5.35. The molecule has 0 aromatic heterocycles. The molecule has 2 unspecified atom stereocenters. The number of alkyl carbamates (subject to hydrolysis) is 1. The molecule has 3 aromatic carbocycles. The van der Waals surface area contributed by atoms with Gasteiger partial charge in [-0.1, -0.05) is 73.2 Å². The topological polar surface area (TPSA) is 87.7 Å². The molecule has 0 aliphatic heterocycles. The quantitative estimate of drug-likeness (QED) is 0.278. The number of amides is 3. The van der Waals surface area contributed by atoms with Crippen molar-refractivity contribution in [2.45, 2.75) is 65.6 Å². The third-order valence-electron chi connectivity index (χ3n) is 6.50. The number of carbonyl (C=O) groups excluding carboxylic acids is 3. The molecule has 40 heavy (non-hydrogen) atoms. The first-order valence-corrected chi connectivity index (χ1v) is 13.2. The van der Waals surface area contributed by atoms with Crippen LogP contribution in [0.4, 0.5) is 10.5 Å². The lowest BCUT2D eigenvalue weighted by atomic mass is 9.94. The second-order valence-corrected chi connectivity index (χ2v) is 10.7. The fourth-order valence-electron chi connectivity index (χ4n) is 4.31. The number of terminal acetylenes is 1. The lowest BCUT2D eigenvalue weighted by Crippen LogP contribution is -2.52. The first-order chi connectivity index (χ1) is 18.9. The van der Waals surface area contributed by atoms with Crippen molar-refractivity contribution >= 4 is 23.6 Å². The fraction of sp³-hybridized carbons (Fsp3) is 0.303. The van der Waals surface area contributed by atoms with Crippen LogP contribution in [0.1, 0.15) is 54.6 Å². The molecule has 0 radical (unpaired) electrons. The lowest BCUT2D eigenvalue weighted by Gasteiger charge is -2.31. The van der Waals surface area contributed by atoms with Gasteiger partial charge in [0.05, 0.1) is 0 Å². The van der Waals surface area contributed by atoms with E-state index in [1.54, 1.807) is 32.9 Å². The molecule has 0 aliphatic carbocycles. The smallest absolute Gasteiger partial charge is 0.408 e. The van der Waals surface area contributed by atoms with Crippen LogP contribution in [0.5, 0.6) is 0 Å². The zero-order valence-electron chi connectivity index (χ0n) is 23.9. The molecular formula is C33H37N3O4. The third kappa shape index (κ3) is 7.73. The van der Waals surface area contributed by atoms with Crippen molar-refractivity contribution in [2.75, 3.05) is 5.32 Å². The van der Waals surface area contributed by atoms with Gasteiger partial charge >= 0.3 is 6.09 Å². The highest BCUT2D eigenvalue weighted by atomic mass is 16.6. The van der Waals surface area contributed by atoms with Crippen molar-refractivity contribution < 1.29 is 19.1 Å². The molecule has 3 rings (SSSR count). The minimum atomic E-state index is -1.16. The standard InChI is InChI=1S/C33H37N3O4/c1-8-36(31(38)28(21-25-17-10-9-11-18-25)35-32(39)40-33(5,6)7)29(26-19-14-16-22(2)24(26)4)30(37)34-27-20-13-12-15-23(27)3/h1,9-20,28-29H,21H2,2-7H3,(H,34,37)(H,35,39). The normalized spacial score (nSPS) is 12.4. The highest BCUT2D eigenvalue weighted by molar-refractivity contribution is 6.00. The lowest BCUT2D eigenvalue weighted by molar-refractivity contribution is -0.136. The van der Waals surface area contributed by atoms with Crippen LogP contribution in [0.25, 0.3) is 0 Å². The van der Waals surface area contributed by atoms with Gasteiger partial charge in [-0.25, -0.2) is 4.79 Å². The monoisotopic (exact) mass is 539 g/mol. The Morgan fingerprint density at radius 1 is 0.900 bits per heavy atom. The van der Waals surface area contributed by atoms with E-state index in [-0.39, 0.29) is 6.42 Å². The molecule has 0 spiro atoms. The van der Waals surface area contributed by atoms with Gasteiger partial charge in [0, 0.05) is 18.2 Å². The Kier molecular flexibility index (Phi) is 9.73. The minimum Gasteiger partial charge on any atom is -0.444 e. The van der Waals surface area contributed by atoms with Gasteiger partial charge in [0.25, 0.3) is 11.8 Å². The van der Waals surface area contributed by atoms with Gasteiger partial charge in [0.1, 0.15) is 17.7 Å². The summed E-state index contributed by atoms with van der Waals surface area (Å²) in [7, 11) is 0. The van der Waals surface area contributed by atoms with Gasteiger partial charge in [-0.05, 0) is 75.4 Å². The second kappa shape index (κ2) is 13.0. The maximum atomic E-state index is 14.1. The Morgan fingerprint density at radius 3 is 2.15 bits per heavy atom. The second-order valence-electron chi connectivity index (χ2n) is 10.7. The van der Waals surface area contributed by atoms with Crippen molar-refractivity contribution in [2.24, 2.45) is 0 Å². The van der Waals surface area contributed by atoms with Crippen LogP contribution in [0, 0.1) is 33.2 Å². The molecule has 208 valence electrons. The summed E-state index contributed by atoms with van der Waals surface area (Å²) in [5.41, 5.74) is 3.88. The fourth-order valence-corrected chi connectivity index (χ4v) is 4.31. The molecule has 2 N–H and O–H groups in total. The van der Waals surface area contributed by atoms with E-state index in [2.05, 4.69) is 16.7 Å². The van der Waals surface area contributed by atoms with Crippen LogP contribution in [0.2, 0.25) is 0 Å². The van der Waals surface area contributed by atoms with E-state index in [4.69, 9.17) is 11.2 Å². The number of ether oxygens (including phenoxy) is 1. The van der Waals surface area contributed by atoms with Crippen molar-refractivity contribution in [1.82, 2.24) is 10.2 Å². The number of carbonyl (C=O) groups is 3. The SMILES string of the molecule is C#CN(C(=O)C(Cc1ccccc1)NC(=O)OC(C)(C)C)C(C(=O)Nc1ccccc1C)c1cccc(C)c1C. The predicted molar refractivity (Wildman–Crippen MR) is 157 cm³/mol. The summed E-state index contributed by atoms with van der Waals surface area (Å²) in [4.78, 5) is 41.9. The van der Waals surface area contributed by atoms with Gasteiger partial charge in [-0.15, -0.1) is 0 Å². The van der Waals surface area contributed by atoms with Gasteiger partial charge in [-0.2, -0.15) is 0 Å². The highest BCUT2D eigenvalue weighted by Gasteiger charge is 2.37. The largest absolute Gasteiger partial charge is 0.444 e. The summed E-state index contributed by atoms with van der Waals surface area (Å²) in [5, 5.41) is 5.63. The minimum absolute atomic E-state index is 0.149. The van der Waals surface area contributed by atoms with Crippen LogP contribution in [-0.4, -0.2) is 34.5 Å². The van der Waals surface area contributed by atoms with E-state index < -0.39 is 35.6 Å². The van der Waals surface area contributed by atoms with E-state index >= 15 is 0 Å². The van der Waals surface area contributed by atoms with Crippen molar-refractivity contribution in [1.29, 1.82) is 0 Å². The molecule has 3 amide bonds. The predicted octanol–water partition coefficient (Wildman–Crippen LogP) is 5.85. The number of benzene rings is 3. The van der Waals surface area contributed by atoms with Crippen LogP contribution in [0.3, 0.4) is 0 Å². The molecule has 7 nitrogen and oxygen atoms in total. The number of hydrogen-bond donors (Lipinski definition) is 2. The Hall–Kier alpha value is -4.57. The number of para-hydroxylation sites is 1. The molecular weight excluding hydrogens is 502 g/mol. The molecule has 0 fully saturated rings. The summed E-state index contributed by atoms with van der Waals surface area (Å²) in [5.74, 6) is -1.08. The summed E-state index contributed by atoms with van der Waals surface area (Å²) in [6.45, 7) is 10.9. The summed E-state index contributed by atoms with van der Waals surface area (Å²) < 4.78 is 5.44. The summed E-state index contributed by atoms with van der Waals surface area (Å²) >= 11 is 0. The molecule has 2 atom stereocenters. The third-order valence-corrected chi connectivity index (χ3v) is 6.50. The van der Waals surface area contributed by atoms with Gasteiger partial charge in [0.2, 0.25) is 0 Å². The molecule has 0 aliphatic rings. The van der Waals surface area contributed by atoms with E-state index in [0.29, 0.717) is 11.3 Å². The van der Waals surface area contributed by atoms with Crippen LogP contribution in [0.15, 0.2) is 72.8 Å². The van der Waals surface area contributed by atoms with Gasteiger partial charge in [0.15, 0.2) is 0 Å². The maximum Gasteiger partial charge on any atom is 0.408 e. The van der Waals surface area contributed by atoms with E-state index in [1.165, 1.54) is 0 Å². The molecule has 0 saturated heterocycles. The molecule has 0 heterocycles. The average molecular weight is 540 g/mol. The van der Waals surface area contributed by atoms with E-state index in [0.717, 1.165) is 27.2 Å². The first kappa shape index (κ1) is 30.0.